The number of methoxy groups -OCH3 is 1. The van der Waals surface area contributed by atoms with Crippen molar-refractivity contribution in [3.05, 3.63) is 30.5 Å². The van der Waals surface area contributed by atoms with E-state index in [1.807, 2.05) is 28.8 Å². The second-order valence-corrected chi connectivity index (χ2v) is 5.56. The highest BCUT2D eigenvalue weighted by molar-refractivity contribution is 6.03. The number of aromatic nitrogens is 3. The van der Waals surface area contributed by atoms with Crippen LogP contribution >= 0.6 is 0 Å². The Balaban J connectivity index is 2.41. The molecule has 0 unspecified atom stereocenters. The first-order valence-corrected chi connectivity index (χ1v) is 6.56. The van der Waals surface area contributed by atoms with E-state index in [1.54, 1.807) is 13.3 Å². The number of fused-ring (bicyclic) bond motifs is 3. The van der Waals surface area contributed by atoms with E-state index in [4.69, 9.17) is 10.5 Å². The fourth-order valence-electron chi connectivity index (χ4n) is 2.75. The van der Waals surface area contributed by atoms with Crippen LogP contribution in [0.1, 0.15) is 13.8 Å². The van der Waals surface area contributed by atoms with E-state index >= 15 is 0 Å². The number of imidazole rings is 1. The molecule has 1 aromatic carbocycles. The van der Waals surface area contributed by atoms with Gasteiger partial charge < -0.3 is 15.0 Å². The van der Waals surface area contributed by atoms with Crippen LogP contribution in [0, 0.1) is 0 Å². The number of hydrogen-bond acceptors (Lipinski definition) is 4. The zero-order valence-corrected chi connectivity index (χ0v) is 11.9. The second-order valence-electron chi connectivity index (χ2n) is 5.56. The highest BCUT2D eigenvalue weighted by Crippen LogP contribution is 2.31. The highest BCUT2D eigenvalue weighted by Gasteiger charge is 2.26. The van der Waals surface area contributed by atoms with Crippen LogP contribution in [0.4, 0.5) is 5.95 Å². The van der Waals surface area contributed by atoms with E-state index < -0.39 is 0 Å². The standard InChI is InChI=1S/C15H18N4O/c1-15(2,9-20-3)19-13-10-6-4-5-7-11(10)17-8-12(13)18-14(19)16/h4-8H,9H2,1-3H3,(H2,16,18). The van der Waals surface area contributed by atoms with Gasteiger partial charge in [-0.1, -0.05) is 18.2 Å². The Morgan fingerprint density at radius 2 is 2.00 bits per heavy atom. The third-order valence-corrected chi connectivity index (χ3v) is 3.52. The lowest BCUT2D eigenvalue weighted by Crippen LogP contribution is -2.32. The van der Waals surface area contributed by atoms with Crippen molar-refractivity contribution < 1.29 is 4.74 Å². The fraction of sp³-hybridized carbons (Fsp3) is 0.333. The van der Waals surface area contributed by atoms with Crippen molar-refractivity contribution in [2.45, 2.75) is 19.4 Å². The van der Waals surface area contributed by atoms with Gasteiger partial charge in [0, 0.05) is 12.5 Å². The molecule has 2 N–H and O–H groups in total. The molecule has 0 aliphatic carbocycles. The Hall–Kier alpha value is -2.14. The summed E-state index contributed by atoms with van der Waals surface area (Å²) in [5.74, 6) is 0.486. The molecule has 3 aromatic rings. The smallest absolute Gasteiger partial charge is 0.201 e. The molecule has 3 rings (SSSR count). The number of anilines is 1. The average Bonchev–Trinajstić information content (AvgIpc) is 2.76. The normalized spacial score (nSPS) is 12.3. The Kier molecular flexibility index (Phi) is 2.87. The predicted octanol–water partition coefficient (Wildman–Crippen LogP) is 2.55. The highest BCUT2D eigenvalue weighted by atomic mass is 16.5. The number of hydrogen-bond donors (Lipinski definition) is 1. The molecule has 20 heavy (non-hydrogen) atoms. The first-order chi connectivity index (χ1) is 9.54. The Labute approximate surface area is 117 Å². The third-order valence-electron chi connectivity index (χ3n) is 3.52. The number of rotatable bonds is 3. The number of benzene rings is 1. The maximum Gasteiger partial charge on any atom is 0.201 e. The minimum Gasteiger partial charge on any atom is -0.382 e. The molecule has 5 nitrogen and oxygen atoms in total. The van der Waals surface area contributed by atoms with Crippen molar-refractivity contribution in [3.8, 4) is 0 Å². The summed E-state index contributed by atoms with van der Waals surface area (Å²) in [6, 6.07) is 8.02. The summed E-state index contributed by atoms with van der Waals surface area (Å²) in [6.45, 7) is 4.73. The molecule has 0 radical (unpaired) electrons. The first kappa shape index (κ1) is 12.9. The fourth-order valence-corrected chi connectivity index (χ4v) is 2.75. The van der Waals surface area contributed by atoms with Crippen molar-refractivity contribution in [2.24, 2.45) is 0 Å². The zero-order valence-electron chi connectivity index (χ0n) is 11.9. The van der Waals surface area contributed by atoms with E-state index in [-0.39, 0.29) is 5.54 Å². The second kappa shape index (κ2) is 4.45. The Bertz CT molecular complexity index is 776. The van der Waals surface area contributed by atoms with E-state index in [0.717, 1.165) is 21.9 Å². The van der Waals surface area contributed by atoms with Gasteiger partial charge in [0.25, 0.3) is 0 Å². The molecular formula is C15H18N4O. The van der Waals surface area contributed by atoms with Crippen molar-refractivity contribution in [1.82, 2.24) is 14.5 Å². The average molecular weight is 270 g/mol. The predicted molar refractivity (Wildman–Crippen MR) is 80.6 cm³/mol. The van der Waals surface area contributed by atoms with Crippen LogP contribution in [0.2, 0.25) is 0 Å². The summed E-state index contributed by atoms with van der Waals surface area (Å²) in [5, 5.41) is 1.05. The van der Waals surface area contributed by atoms with Crippen LogP contribution in [-0.2, 0) is 10.3 Å². The van der Waals surface area contributed by atoms with Crippen LogP contribution < -0.4 is 5.73 Å². The number of pyridine rings is 1. The lowest BCUT2D eigenvalue weighted by molar-refractivity contribution is 0.113. The molecule has 0 aliphatic rings. The minimum atomic E-state index is -0.280. The van der Waals surface area contributed by atoms with Crippen LogP contribution in [-0.4, -0.2) is 28.3 Å². The molecule has 0 spiro atoms. The maximum atomic E-state index is 6.13. The van der Waals surface area contributed by atoms with E-state index in [1.165, 1.54) is 0 Å². The number of nitrogen functional groups attached to an aromatic ring is 1. The van der Waals surface area contributed by atoms with Gasteiger partial charge in [-0.25, -0.2) is 4.98 Å². The van der Waals surface area contributed by atoms with Crippen molar-refractivity contribution in [1.29, 1.82) is 0 Å². The summed E-state index contributed by atoms with van der Waals surface area (Å²) in [4.78, 5) is 8.86. The van der Waals surface area contributed by atoms with Gasteiger partial charge in [0.05, 0.1) is 29.4 Å². The largest absolute Gasteiger partial charge is 0.382 e. The van der Waals surface area contributed by atoms with Crippen LogP contribution in [0.25, 0.3) is 21.9 Å². The molecule has 0 atom stereocenters. The van der Waals surface area contributed by atoms with Gasteiger partial charge in [-0.05, 0) is 19.9 Å². The van der Waals surface area contributed by atoms with Crippen molar-refractivity contribution in [3.63, 3.8) is 0 Å². The number of para-hydroxylation sites is 1. The van der Waals surface area contributed by atoms with E-state index in [0.29, 0.717) is 12.6 Å². The van der Waals surface area contributed by atoms with Gasteiger partial charge in [-0.3, -0.25) is 4.98 Å². The zero-order chi connectivity index (χ0) is 14.3. The summed E-state index contributed by atoms with van der Waals surface area (Å²) in [6.07, 6.45) is 1.77. The van der Waals surface area contributed by atoms with Gasteiger partial charge in [-0.15, -0.1) is 0 Å². The van der Waals surface area contributed by atoms with Gasteiger partial charge in [0.15, 0.2) is 0 Å². The van der Waals surface area contributed by atoms with Gasteiger partial charge in [-0.2, -0.15) is 0 Å². The molecule has 2 aromatic heterocycles. The van der Waals surface area contributed by atoms with Crippen LogP contribution in [0.15, 0.2) is 30.5 Å². The molecule has 0 saturated heterocycles. The van der Waals surface area contributed by atoms with Crippen LogP contribution in [0.3, 0.4) is 0 Å². The maximum absolute atomic E-state index is 6.13. The monoisotopic (exact) mass is 270 g/mol. The molecular weight excluding hydrogens is 252 g/mol. The Morgan fingerprint density at radius 3 is 2.75 bits per heavy atom. The number of nitrogens with zero attached hydrogens (tertiary/aromatic N) is 3. The molecule has 0 aliphatic heterocycles. The number of ether oxygens (including phenoxy) is 1. The lowest BCUT2D eigenvalue weighted by atomic mass is 10.1. The third kappa shape index (κ3) is 1.82. The first-order valence-electron chi connectivity index (χ1n) is 6.56. The van der Waals surface area contributed by atoms with Gasteiger partial charge in [0.1, 0.15) is 5.52 Å². The van der Waals surface area contributed by atoms with Gasteiger partial charge in [0.2, 0.25) is 5.95 Å². The summed E-state index contributed by atoms with van der Waals surface area (Å²) in [7, 11) is 1.69. The molecule has 104 valence electrons. The van der Waals surface area contributed by atoms with E-state index in [2.05, 4.69) is 23.8 Å². The molecule has 0 fully saturated rings. The lowest BCUT2D eigenvalue weighted by Gasteiger charge is -2.27. The number of nitrogens with two attached hydrogens (primary N) is 1. The molecule has 5 heteroatoms. The van der Waals surface area contributed by atoms with Crippen molar-refractivity contribution >= 4 is 27.9 Å². The summed E-state index contributed by atoms with van der Waals surface area (Å²) >= 11 is 0. The quantitative estimate of drug-likeness (QED) is 0.794. The minimum absolute atomic E-state index is 0.280. The molecule has 0 bridgehead atoms. The van der Waals surface area contributed by atoms with Gasteiger partial charge >= 0.3 is 0 Å². The SMILES string of the molecule is COCC(C)(C)n1c(N)nc2cnc3ccccc3c21. The topological polar surface area (TPSA) is 66.0 Å². The molecule has 0 saturated carbocycles. The van der Waals surface area contributed by atoms with Crippen molar-refractivity contribution in [2.75, 3.05) is 19.5 Å². The molecule has 0 amide bonds. The van der Waals surface area contributed by atoms with E-state index in [9.17, 15) is 0 Å². The van der Waals surface area contributed by atoms with Crippen LogP contribution in [0.5, 0.6) is 0 Å². The summed E-state index contributed by atoms with van der Waals surface area (Å²) in [5.41, 5.74) is 8.61. The molecule has 2 heterocycles. The summed E-state index contributed by atoms with van der Waals surface area (Å²) < 4.78 is 7.36. The Morgan fingerprint density at radius 1 is 1.25 bits per heavy atom.